The summed E-state index contributed by atoms with van der Waals surface area (Å²) in [6.07, 6.45) is 0. The van der Waals surface area contributed by atoms with Crippen LogP contribution < -0.4 is 0 Å². The van der Waals surface area contributed by atoms with Gasteiger partial charge in [-0.3, -0.25) is 0 Å². The highest BCUT2D eigenvalue weighted by Crippen LogP contribution is 2.30. The van der Waals surface area contributed by atoms with Crippen molar-refractivity contribution in [2.75, 3.05) is 0 Å². The third kappa shape index (κ3) is 2.28. The summed E-state index contributed by atoms with van der Waals surface area (Å²) >= 11 is 9.49. The third-order valence-electron chi connectivity index (χ3n) is 3.28. The van der Waals surface area contributed by atoms with E-state index in [4.69, 9.17) is 11.6 Å². The summed E-state index contributed by atoms with van der Waals surface area (Å²) < 4.78 is 0.938. The lowest BCUT2D eigenvalue weighted by molar-refractivity contribution is 1.33. The van der Waals surface area contributed by atoms with E-state index < -0.39 is 0 Å². The zero-order chi connectivity index (χ0) is 13.6. The van der Waals surface area contributed by atoms with Gasteiger partial charge < -0.3 is 4.98 Å². The molecule has 0 spiro atoms. The van der Waals surface area contributed by atoms with E-state index in [1.807, 2.05) is 18.2 Å². The van der Waals surface area contributed by atoms with Crippen LogP contribution in [-0.2, 0) is 0 Å². The van der Waals surface area contributed by atoms with E-state index in [1.54, 1.807) is 0 Å². The molecule has 0 aliphatic rings. The highest BCUT2D eigenvalue weighted by molar-refractivity contribution is 9.10. The molecule has 1 aromatic heterocycles. The number of H-pyrrole nitrogens is 1. The molecule has 0 saturated heterocycles. The van der Waals surface area contributed by atoms with Crippen LogP contribution in [0.5, 0.6) is 0 Å². The second-order valence-corrected chi connectivity index (χ2v) is 5.95. The molecule has 1 N–H and O–H groups in total. The van der Waals surface area contributed by atoms with Gasteiger partial charge in [-0.1, -0.05) is 11.6 Å². The minimum atomic E-state index is 0.707. The smallest absolute Gasteiger partial charge is 0.139 e. The summed E-state index contributed by atoms with van der Waals surface area (Å²) in [5.41, 5.74) is 5.56. The van der Waals surface area contributed by atoms with Gasteiger partial charge in [0.2, 0.25) is 0 Å². The number of aromatic nitrogens is 2. The molecule has 96 valence electrons. The fraction of sp³-hybridized carbons (Fsp3) is 0.133. The standard InChI is InChI=1S/C15H12BrClN2/c1-8-5-13-14(6-9(8)2)19-15(18-13)11-4-3-10(17)7-12(11)16/h3-7H,1-2H3,(H,18,19). The Labute approximate surface area is 124 Å². The van der Waals surface area contributed by atoms with Crippen molar-refractivity contribution in [1.82, 2.24) is 9.97 Å². The van der Waals surface area contributed by atoms with Crippen LogP contribution in [0.15, 0.2) is 34.8 Å². The molecule has 0 radical (unpaired) electrons. The Morgan fingerprint density at radius 3 is 2.58 bits per heavy atom. The lowest BCUT2D eigenvalue weighted by Gasteiger charge is -2.00. The monoisotopic (exact) mass is 334 g/mol. The molecule has 0 atom stereocenters. The Morgan fingerprint density at radius 2 is 1.84 bits per heavy atom. The highest BCUT2D eigenvalue weighted by atomic mass is 79.9. The largest absolute Gasteiger partial charge is 0.338 e. The van der Waals surface area contributed by atoms with Crippen molar-refractivity contribution in [2.45, 2.75) is 13.8 Å². The second-order valence-electron chi connectivity index (χ2n) is 4.66. The lowest BCUT2D eigenvalue weighted by atomic mass is 10.1. The number of rotatable bonds is 1. The molecule has 3 aromatic rings. The molecule has 2 aromatic carbocycles. The number of fused-ring (bicyclic) bond motifs is 1. The van der Waals surface area contributed by atoms with Gasteiger partial charge in [-0.15, -0.1) is 0 Å². The first-order chi connectivity index (χ1) is 9.04. The summed E-state index contributed by atoms with van der Waals surface area (Å²) in [6.45, 7) is 4.20. The first kappa shape index (κ1) is 12.7. The molecule has 1 heterocycles. The van der Waals surface area contributed by atoms with Gasteiger partial charge in [0.25, 0.3) is 0 Å². The zero-order valence-corrected chi connectivity index (χ0v) is 12.9. The quantitative estimate of drug-likeness (QED) is 0.645. The number of imidazole rings is 1. The first-order valence-electron chi connectivity index (χ1n) is 5.97. The van der Waals surface area contributed by atoms with E-state index in [-0.39, 0.29) is 0 Å². The van der Waals surface area contributed by atoms with Gasteiger partial charge in [-0.2, -0.15) is 0 Å². The van der Waals surface area contributed by atoms with Crippen LogP contribution in [0.4, 0.5) is 0 Å². The Bertz CT molecular complexity index is 738. The Morgan fingerprint density at radius 1 is 1.11 bits per heavy atom. The molecular formula is C15H12BrClN2. The van der Waals surface area contributed by atoms with Crippen LogP contribution in [0, 0.1) is 13.8 Å². The van der Waals surface area contributed by atoms with Gasteiger partial charge in [-0.25, -0.2) is 4.98 Å². The Balaban J connectivity index is 2.20. The van der Waals surface area contributed by atoms with Crippen LogP contribution >= 0.6 is 27.5 Å². The van der Waals surface area contributed by atoms with E-state index in [1.165, 1.54) is 11.1 Å². The van der Waals surface area contributed by atoms with E-state index in [2.05, 4.69) is 51.9 Å². The van der Waals surface area contributed by atoms with E-state index in [0.29, 0.717) is 5.02 Å². The van der Waals surface area contributed by atoms with E-state index in [0.717, 1.165) is 26.9 Å². The van der Waals surface area contributed by atoms with Crippen LogP contribution in [0.3, 0.4) is 0 Å². The summed E-state index contributed by atoms with van der Waals surface area (Å²) in [5, 5.41) is 0.707. The third-order valence-corrected chi connectivity index (χ3v) is 4.17. The number of aryl methyl sites for hydroxylation is 2. The summed E-state index contributed by atoms with van der Waals surface area (Å²) in [6, 6.07) is 9.94. The van der Waals surface area contributed by atoms with Gasteiger partial charge in [0.15, 0.2) is 0 Å². The maximum Gasteiger partial charge on any atom is 0.139 e. The zero-order valence-electron chi connectivity index (χ0n) is 10.6. The van der Waals surface area contributed by atoms with Crippen molar-refractivity contribution in [3.63, 3.8) is 0 Å². The molecule has 3 rings (SSSR count). The molecular weight excluding hydrogens is 324 g/mol. The molecule has 0 amide bonds. The maximum atomic E-state index is 5.96. The first-order valence-corrected chi connectivity index (χ1v) is 7.14. The van der Waals surface area contributed by atoms with Crippen LogP contribution in [0.1, 0.15) is 11.1 Å². The average Bonchev–Trinajstić information content (AvgIpc) is 2.72. The van der Waals surface area contributed by atoms with Crippen molar-refractivity contribution >= 4 is 38.6 Å². The molecule has 19 heavy (non-hydrogen) atoms. The van der Waals surface area contributed by atoms with E-state index >= 15 is 0 Å². The molecule has 0 aliphatic heterocycles. The van der Waals surface area contributed by atoms with Gasteiger partial charge in [0.05, 0.1) is 11.0 Å². The van der Waals surface area contributed by atoms with Crippen LogP contribution in [0.2, 0.25) is 5.02 Å². The van der Waals surface area contributed by atoms with Gasteiger partial charge >= 0.3 is 0 Å². The fourth-order valence-corrected chi connectivity index (χ4v) is 2.95. The number of nitrogens with zero attached hydrogens (tertiary/aromatic N) is 1. The summed E-state index contributed by atoms with van der Waals surface area (Å²) in [5.74, 6) is 0.851. The number of hydrogen-bond donors (Lipinski definition) is 1. The predicted octanol–water partition coefficient (Wildman–Crippen LogP) is 5.26. The minimum absolute atomic E-state index is 0.707. The normalized spacial score (nSPS) is 11.2. The van der Waals surface area contributed by atoms with Crippen molar-refractivity contribution in [3.05, 3.63) is 51.0 Å². The number of hydrogen-bond acceptors (Lipinski definition) is 1. The number of aromatic amines is 1. The van der Waals surface area contributed by atoms with Gasteiger partial charge in [0.1, 0.15) is 5.82 Å². The molecule has 0 unspecified atom stereocenters. The number of halogens is 2. The van der Waals surface area contributed by atoms with Gasteiger partial charge in [0, 0.05) is 15.1 Å². The van der Waals surface area contributed by atoms with Crippen molar-refractivity contribution in [2.24, 2.45) is 0 Å². The Hall–Kier alpha value is -1.32. The number of benzene rings is 2. The maximum absolute atomic E-state index is 5.96. The topological polar surface area (TPSA) is 28.7 Å². The van der Waals surface area contributed by atoms with Crippen LogP contribution in [-0.4, -0.2) is 9.97 Å². The van der Waals surface area contributed by atoms with Crippen molar-refractivity contribution < 1.29 is 0 Å². The number of nitrogens with one attached hydrogen (secondary N) is 1. The SMILES string of the molecule is Cc1cc2nc(-c3ccc(Cl)cc3Br)[nH]c2cc1C. The van der Waals surface area contributed by atoms with Gasteiger partial charge in [-0.05, 0) is 71.2 Å². The van der Waals surface area contributed by atoms with Crippen molar-refractivity contribution in [3.8, 4) is 11.4 Å². The summed E-state index contributed by atoms with van der Waals surface area (Å²) in [4.78, 5) is 8.00. The fourth-order valence-electron chi connectivity index (χ4n) is 2.08. The molecule has 4 heteroatoms. The highest BCUT2D eigenvalue weighted by Gasteiger charge is 2.10. The molecule has 0 aliphatic carbocycles. The van der Waals surface area contributed by atoms with E-state index in [9.17, 15) is 0 Å². The molecule has 0 bridgehead atoms. The Kier molecular flexibility index (Phi) is 3.11. The second kappa shape index (κ2) is 4.66. The average molecular weight is 336 g/mol. The molecule has 0 saturated carbocycles. The minimum Gasteiger partial charge on any atom is -0.338 e. The molecule has 0 fully saturated rings. The molecule has 2 nitrogen and oxygen atoms in total. The van der Waals surface area contributed by atoms with Crippen LogP contribution in [0.25, 0.3) is 22.4 Å². The lowest BCUT2D eigenvalue weighted by Crippen LogP contribution is -1.82. The van der Waals surface area contributed by atoms with Crippen molar-refractivity contribution in [1.29, 1.82) is 0 Å². The predicted molar refractivity (Wildman–Crippen MR) is 83.7 cm³/mol. The summed E-state index contributed by atoms with van der Waals surface area (Å²) in [7, 11) is 0.